The van der Waals surface area contributed by atoms with Crippen LogP contribution in [-0.2, 0) is 0 Å². The Morgan fingerprint density at radius 1 is 1.04 bits per heavy atom. The Hall–Kier alpha value is -1.85. The predicted octanol–water partition coefficient (Wildman–Crippen LogP) is 2.15. The highest BCUT2D eigenvalue weighted by Crippen LogP contribution is 2.41. The van der Waals surface area contributed by atoms with Gasteiger partial charge in [0, 0.05) is 40.3 Å². The maximum atomic E-state index is 12.1. The number of carbonyl (C=O) groups is 1. The smallest absolute Gasteiger partial charge is 0.319 e. The van der Waals surface area contributed by atoms with Gasteiger partial charge in [-0.3, -0.25) is 0 Å². The van der Waals surface area contributed by atoms with E-state index in [9.17, 15) is 4.79 Å². The minimum absolute atomic E-state index is 0.146. The third kappa shape index (κ3) is 3.41. The van der Waals surface area contributed by atoms with Crippen molar-refractivity contribution in [3.05, 3.63) is 17.8 Å². The topological polar surface area (TPSA) is 52.6 Å². The first-order valence-corrected chi connectivity index (χ1v) is 8.51. The van der Waals surface area contributed by atoms with Gasteiger partial charge in [0.05, 0.1) is 5.69 Å². The van der Waals surface area contributed by atoms with Crippen LogP contribution in [-0.4, -0.2) is 66.3 Å². The van der Waals surface area contributed by atoms with Crippen LogP contribution in [0.1, 0.15) is 31.4 Å². The summed E-state index contributed by atoms with van der Waals surface area (Å²) in [6.45, 7) is 5.83. The monoisotopic (exact) mass is 317 g/mol. The molecule has 3 heterocycles. The van der Waals surface area contributed by atoms with Gasteiger partial charge < -0.3 is 14.7 Å². The van der Waals surface area contributed by atoms with E-state index < -0.39 is 0 Å². The molecule has 2 aliphatic rings. The molecule has 6 nitrogen and oxygen atoms in total. The first-order valence-electron chi connectivity index (χ1n) is 8.51. The number of rotatable bonds is 1. The van der Waals surface area contributed by atoms with E-state index in [1.54, 1.807) is 4.90 Å². The summed E-state index contributed by atoms with van der Waals surface area (Å²) in [6, 6.07) is 4.24. The molecule has 6 heteroatoms. The van der Waals surface area contributed by atoms with Crippen LogP contribution < -0.4 is 4.90 Å². The molecule has 0 atom stereocenters. The summed E-state index contributed by atoms with van der Waals surface area (Å²) < 4.78 is 0. The summed E-state index contributed by atoms with van der Waals surface area (Å²) in [7, 11) is 3.65. The Morgan fingerprint density at radius 3 is 2.17 bits per heavy atom. The molecule has 1 aromatic heterocycles. The zero-order valence-corrected chi connectivity index (χ0v) is 14.5. The number of aromatic nitrogens is 2. The molecule has 1 spiro atoms. The van der Waals surface area contributed by atoms with Gasteiger partial charge in [-0.2, -0.15) is 5.10 Å². The third-order valence-electron chi connectivity index (χ3n) is 5.41. The van der Waals surface area contributed by atoms with Crippen molar-refractivity contribution in [2.24, 2.45) is 5.41 Å². The summed E-state index contributed by atoms with van der Waals surface area (Å²) >= 11 is 0. The molecule has 2 saturated heterocycles. The molecule has 0 unspecified atom stereocenters. The molecular formula is C17H27N5O. The molecule has 0 aliphatic carbocycles. The van der Waals surface area contributed by atoms with Crippen molar-refractivity contribution in [3.8, 4) is 0 Å². The van der Waals surface area contributed by atoms with Crippen molar-refractivity contribution >= 4 is 11.8 Å². The zero-order chi connectivity index (χ0) is 16.4. The van der Waals surface area contributed by atoms with Gasteiger partial charge in [0.15, 0.2) is 5.82 Å². The highest BCUT2D eigenvalue weighted by molar-refractivity contribution is 5.73. The molecule has 0 aromatic carbocycles. The molecule has 0 bridgehead atoms. The number of hydrogen-bond donors (Lipinski definition) is 0. The Kier molecular flexibility index (Phi) is 4.41. The molecule has 2 amide bonds. The number of nitrogens with zero attached hydrogens (tertiary/aromatic N) is 5. The molecule has 126 valence electrons. The van der Waals surface area contributed by atoms with E-state index in [0.717, 1.165) is 50.5 Å². The van der Waals surface area contributed by atoms with E-state index >= 15 is 0 Å². The average molecular weight is 317 g/mol. The highest BCUT2D eigenvalue weighted by Gasteiger charge is 2.39. The quantitative estimate of drug-likeness (QED) is 0.796. The first kappa shape index (κ1) is 16.0. The highest BCUT2D eigenvalue weighted by atomic mass is 16.2. The lowest BCUT2D eigenvalue weighted by Crippen LogP contribution is -2.50. The van der Waals surface area contributed by atoms with Crippen molar-refractivity contribution in [2.75, 3.05) is 45.2 Å². The second-order valence-corrected chi connectivity index (χ2v) is 7.18. The predicted molar refractivity (Wildman–Crippen MR) is 90.5 cm³/mol. The Morgan fingerprint density at radius 2 is 1.65 bits per heavy atom. The minimum atomic E-state index is 0.146. The summed E-state index contributed by atoms with van der Waals surface area (Å²) in [5.41, 5.74) is 1.37. The van der Waals surface area contributed by atoms with Crippen LogP contribution in [0.25, 0.3) is 0 Å². The van der Waals surface area contributed by atoms with Gasteiger partial charge in [-0.25, -0.2) is 4.79 Å². The number of anilines is 1. The van der Waals surface area contributed by atoms with Crippen molar-refractivity contribution in [3.63, 3.8) is 0 Å². The number of amides is 2. The van der Waals surface area contributed by atoms with E-state index in [2.05, 4.69) is 21.2 Å². The number of piperidine rings is 2. The normalized spacial score (nSPS) is 20.7. The number of likely N-dealkylation sites (tertiary alicyclic amines) is 1. The standard InChI is InChI=1S/C17H27N5O/c1-14-4-5-15(19-18-14)21-10-6-17(7-11-21)8-12-22(13-9-17)16(23)20(2)3/h4-5H,6-13H2,1-3H3. The maximum Gasteiger partial charge on any atom is 0.319 e. The second kappa shape index (κ2) is 6.34. The van der Waals surface area contributed by atoms with Gasteiger partial charge >= 0.3 is 6.03 Å². The lowest BCUT2D eigenvalue weighted by Gasteiger charge is -2.47. The van der Waals surface area contributed by atoms with Gasteiger partial charge in [-0.05, 0) is 50.2 Å². The number of aryl methyl sites for hydroxylation is 1. The molecular weight excluding hydrogens is 290 g/mol. The molecule has 0 saturated carbocycles. The minimum Gasteiger partial charge on any atom is -0.355 e. The van der Waals surface area contributed by atoms with E-state index in [1.807, 2.05) is 32.0 Å². The summed E-state index contributed by atoms with van der Waals surface area (Å²) in [5, 5.41) is 8.47. The van der Waals surface area contributed by atoms with Crippen LogP contribution in [0.15, 0.2) is 12.1 Å². The molecule has 2 fully saturated rings. The summed E-state index contributed by atoms with van der Waals surface area (Å²) in [6.07, 6.45) is 4.62. The Balaban J connectivity index is 1.55. The Labute approximate surface area is 138 Å². The van der Waals surface area contributed by atoms with Gasteiger partial charge in [0.2, 0.25) is 0 Å². The van der Waals surface area contributed by atoms with Crippen molar-refractivity contribution in [1.82, 2.24) is 20.0 Å². The van der Waals surface area contributed by atoms with E-state index in [1.165, 1.54) is 12.8 Å². The Bertz CT molecular complexity index is 539. The van der Waals surface area contributed by atoms with E-state index in [-0.39, 0.29) is 6.03 Å². The maximum absolute atomic E-state index is 12.1. The fourth-order valence-electron chi connectivity index (χ4n) is 3.73. The van der Waals surface area contributed by atoms with Crippen molar-refractivity contribution in [1.29, 1.82) is 0 Å². The zero-order valence-electron chi connectivity index (χ0n) is 14.5. The molecule has 23 heavy (non-hydrogen) atoms. The van der Waals surface area contributed by atoms with E-state index in [4.69, 9.17) is 0 Å². The van der Waals surface area contributed by atoms with Crippen LogP contribution in [0.2, 0.25) is 0 Å². The van der Waals surface area contributed by atoms with Crippen molar-refractivity contribution in [2.45, 2.75) is 32.6 Å². The van der Waals surface area contributed by atoms with Crippen LogP contribution in [0, 0.1) is 12.3 Å². The largest absolute Gasteiger partial charge is 0.355 e. The number of hydrogen-bond acceptors (Lipinski definition) is 4. The van der Waals surface area contributed by atoms with Crippen molar-refractivity contribution < 1.29 is 4.79 Å². The number of carbonyl (C=O) groups excluding carboxylic acids is 1. The number of urea groups is 1. The third-order valence-corrected chi connectivity index (χ3v) is 5.41. The van der Waals surface area contributed by atoms with Crippen LogP contribution >= 0.6 is 0 Å². The van der Waals surface area contributed by atoms with Crippen LogP contribution in [0.4, 0.5) is 10.6 Å². The SMILES string of the molecule is Cc1ccc(N2CCC3(CCN(C(=O)N(C)C)CC3)CC2)nn1. The summed E-state index contributed by atoms with van der Waals surface area (Å²) in [5.74, 6) is 0.991. The fourth-order valence-corrected chi connectivity index (χ4v) is 3.73. The average Bonchev–Trinajstić information content (AvgIpc) is 2.56. The second-order valence-electron chi connectivity index (χ2n) is 7.18. The molecule has 3 rings (SSSR count). The van der Waals surface area contributed by atoms with Gasteiger partial charge in [-0.15, -0.1) is 5.10 Å². The molecule has 0 N–H and O–H groups in total. The molecule has 0 radical (unpaired) electrons. The van der Waals surface area contributed by atoms with Crippen LogP contribution in [0.5, 0.6) is 0 Å². The lowest BCUT2D eigenvalue weighted by atomic mass is 9.71. The lowest BCUT2D eigenvalue weighted by molar-refractivity contribution is 0.0844. The van der Waals surface area contributed by atoms with Gasteiger partial charge in [-0.1, -0.05) is 0 Å². The molecule has 1 aromatic rings. The first-order chi connectivity index (χ1) is 11.0. The fraction of sp³-hybridized carbons (Fsp3) is 0.706. The van der Waals surface area contributed by atoms with Gasteiger partial charge in [0.25, 0.3) is 0 Å². The molecule has 2 aliphatic heterocycles. The van der Waals surface area contributed by atoms with Crippen LogP contribution in [0.3, 0.4) is 0 Å². The summed E-state index contributed by atoms with van der Waals surface area (Å²) in [4.78, 5) is 18.1. The van der Waals surface area contributed by atoms with E-state index in [0.29, 0.717) is 5.41 Å². The van der Waals surface area contributed by atoms with Gasteiger partial charge in [0.1, 0.15) is 0 Å².